The van der Waals surface area contributed by atoms with Gasteiger partial charge in [0.15, 0.2) is 0 Å². The van der Waals surface area contributed by atoms with Gasteiger partial charge in [-0.05, 0) is 37.3 Å². The van der Waals surface area contributed by atoms with Crippen LogP contribution in [0.4, 0.5) is 18.9 Å². The predicted molar refractivity (Wildman–Crippen MR) is 101 cm³/mol. The highest BCUT2D eigenvalue weighted by molar-refractivity contribution is 8.00. The van der Waals surface area contributed by atoms with Gasteiger partial charge in [-0.3, -0.25) is 4.79 Å². The number of thioether (sulfide) groups is 1. The number of carbonyl (C=O) groups is 1. The van der Waals surface area contributed by atoms with Crippen LogP contribution in [0.3, 0.4) is 0 Å². The molecule has 0 N–H and O–H groups in total. The summed E-state index contributed by atoms with van der Waals surface area (Å²) >= 11 is 6.65. The average Bonchev–Trinajstić information content (AvgIpc) is 2.63. The normalized spacial score (nSPS) is 12.3. The molecule has 0 aliphatic carbocycles. The molecule has 0 aliphatic heterocycles. The van der Waals surface area contributed by atoms with Gasteiger partial charge in [-0.25, -0.2) is 0 Å². The van der Waals surface area contributed by atoms with Gasteiger partial charge in [-0.1, -0.05) is 29.8 Å². The van der Waals surface area contributed by atoms with E-state index in [9.17, 15) is 18.0 Å². The topological polar surface area (TPSA) is 44.1 Å². The number of hydrogen-bond acceptors (Lipinski definition) is 3. The highest BCUT2D eigenvalue weighted by Gasteiger charge is 2.33. The summed E-state index contributed by atoms with van der Waals surface area (Å²) < 4.78 is 39.0. The van der Waals surface area contributed by atoms with Crippen LogP contribution in [0.25, 0.3) is 0 Å². The van der Waals surface area contributed by atoms with E-state index in [-0.39, 0.29) is 23.9 Å². The standard InChI is InChI=1S/C19H16ClF3N2OS/c1-13(27-15-8-9-17(20)16(12-15)19(21,22)23)18(26)25(11-5-10-24)14-6-3-2-4-7-14/h2-4,6-9,12-13H,5,11H2,1H3/t13-/m0/s1. The van der Waals surface area contributed by atoms with Crippen molar-refractivity contribution in [3.8, 4) is 6.07 Å². The molecule has 0 radical (unpaired) electrons. The largest absolute Gasteiger partial charge is 0.417 e. The molecular formula is C19H16ClF3N2OS. The van der Waals surface area contributed by atoms with E-state index in [1.807, 2.05) is 6.07 Å². The van der Waals surface area contributed by atoms with Crippen molar-refractivity contribution in [3.63, 3.8) is 0 Å². The molecule has 1 amide bonds. The summed E-state index contributed by atoms with van der Waals surface area (Å²) in [7, 11) is 0. The number of alkyl halides is 3. The molecule has 2 aromatic carbocycles. The Kier molecular flexibility index (Phi) is 7.17. The quantitative estimate of drug-likeness (QED) is 0.564. The third-order valence-electron chi connectivity index (χ3n) is 3.68. The number of rotatable bonds is 6. The predicted octanol–water partition coefficient (Wildman–Crippen LogP) is 5.79. The minimum Gasteiger partial charge on any atom is -0.310 e. The minimum absolute atomic E-state index is 0.150. The molecule has 0 aromatic heterocycles. The first-order valence-corrected chi connectivity index (χ1v) is 9.26. The van der Waals surface area contributed by atoms with Gasteiger partial charge in [-0.15, -0.1) is 11.8 Å². The van der Waals surface area contributed by atoms with Crippen molar-refractivity contribution in [1.29, 1.82) is 5.26 Å². The highest BCUT2D eigenvalue weighted by Crippen LogP contribution is 2.38. The fourth-order valence-electron chi connectivity index (χ4n) is 2.41. The minimum atomic E-state index is -4.57. The van der Waals surface area contributed by atoms with E-state index in [2.05, 4.69) is 0 Å². The molecule has 2 aromatic rings. The monoisotopic (exact) mass is 412 g/mol. The zero-order valence-electron chi connectivity index (χ0n) is 14.3. The number of amides is 1. The maximum absolute atomic E-state index is 13.0. The van der Waals surface area contributed by atoms with Crippen molar-refractivity contribution in [2.24, 2.45) is 0 Å². The van der Waals surface area contributed by atoms with Gasteiger partial charge >= 0.3 is 6.18 Å². The average molecular weight is 413 g/mol. The number of para-hydroxylation sites is 1. The van der Waals surface area contributed by atoms with Crippen LogP contribution in [0.1, 0.15) is 18.9 Å². The molecular weight excluding hydrogens is 397 g/mol. The van der Waals surface area contributed by atoms with Crippen LogP contribution in [-0.2, 0) is 11.0 Å². The Balaban J connectivity index is 2.21. The second kappa shape index (κ2) is 9.16. The van der Waals surface area contributed by atoms with E-state index in [1.165, 1.54) is 17.0 Å². The van der Waals surface area contributed by atoms with Gasteiger partial charge in [0.1, 0.15) is 0 Å². The molecule has 0 spiro atoms. The molecule has 3 nitrogen and oxygen atoms in total. The second-order valence-corrected chi connectivity index (χ2v) is 7.45. The highest BCUT2D eigenvalue weighted by atomic mass is 35.5. The summed E-state index contributed by atoms with van der Waals surface area (Å²) in [6.07, 6.45) is -4.42. The number of halogens is 4. The van der Waals surface area contributed by atoms with Gasteiger partial charge in [0.05, 0.1) is 28.3 Å². The molecule has 142 valence electrons. The third kappa shape index (κ3) is 5.65. The Labute approximate surface area is 164 Å². The van der Waals surface area contributed by atoms with E-state index < -0.39 is 17.0 Å². The van der Waals surface area contributed by atoms with E-state index in [1.54, 1.807) is 37.3 Å². The van der Waals surface area contributed by atoms with Crippen molar-refractivity contribution in [1.82, 2.24) is 0 Å². The van der Waals surface area contributed by atoms with Gasteiger partial charge in [0.2, 0.25) is 5.91 Å². The number of nitrogens with zero attached hydrogens (tertiary/aromatic N) is 2. The SMILES string of the molecule is C[C@H](Sc1ccc(Cl)c(C(F)(F)F)c1)C(=O)N(CCC#N)c1ccccc1. The number of carbonyl (C=O) groups excluding carboxylic acids is 1. The summed E-state index contributed by atoms with van der Waals surface area (Å²) in [5, 5.41) is 7.81. The lowest BCUT2D eigenvalue weighted by Crippen LogP contribution is -2.37. The summed E-state index contributed by atoms with van der Waals surface area (Å²) in [5.74, 6) is -0.287. The summed E-state index contributed by atoms with van der Waals surface area (Å²) in [4.78, 5) is 14.6. The molecule has 8 heteroatoms. The van der Waals surface area contributed by atoms with Crippen molar-refractivity contribution in [2.45, 2.75) is 29.7 Å². The smallest absolute Gasteiger partial charge is 0.310 e. The summed E-state index contributed by atoms with van der Waals surface area (Å²) in [6.45, 7) is 1.83. The van der Waals surface area contributed by atoms with Gasteiger partial charge < -0.3 is 4.90 Å². The van der Waals surface area contributed by atoms with Crippen molar-refractivity contribution >= 4 is 35.0 Å². The molecule has 27 heavy (non-hydrogen) atoms. The lowest BCUT2D eigenvalue weighted by molar-refractivity contribution is -0.137. The Bertz CT molecular complexity index is 837. The summed E-state index contributed by atoms with van der Waals surface area (Å²) in [5.41, 5.74) is -0.296. The molecule has 1 atom stereocenters. The first kappa shape index (κ1) is 21.1. The van der Waals surface area contributed by atoms with E-state index in [0.717, 1.165) is 17.8 Å². The zero-order valence-corrected chi connectivity index (χ0v) is 15.9. The fourth-order valence-corrected chi connectivity index (χ4v) is 3.60. The summed E-state index contributed by atoms with van der Waals surface area (Å²) in [6, 6.07) is 14.4. The van der Waals surface area contributed by atoms with Gasteiger partial charge in [0.25, 0.3) is 0 Å². The number of benzene rings is 2. The molecule has 0 fully saturated rings. The van der Waals surface area contributed by atoms with Crippen LogP contribution in [0.15, 0.2) is 53.4 Å². The van der Waals surface area contributed by atoms with Crippen molar-refractivity contribution in [3.05, 3.63) is 59.1 Å². The lowest BCUT2D eigenvalue weighted by Gasteiger charge is -2.25. The third-order valence-corrected chi connectivity index (χ3v) is 5.10. The maximum atomic E-state index is 13.0. The Morgan fingerprint density at radius 3 is 2.52 bits per heavy atom. The van der Waals surface area contributed by atoms with E-state index in [0.29, 0.717) is 10.6 Å². The second-order valence-electron chi connectivity index (χ2n) is 5.63. The van der Waals surface area contributed by atoms with E-state index >= 15 is 0 Å². The number of anilines is 1. The van der Waals surface area contributed by atoms with Crippen LogP contribution < -0.4 is 4.90 Å². The number of hydrogen-bond donors (Lipinski definition) is 0. The molecule has 0 saturated heterocycles. The Morgan fingerprint density at radius 1 is 1.26 bits per heavy atom. The van der Waals surface area contributed by atoms with Crippen molar-refractivity contribution in [2.75, 3.05) is 11.4 Å². The maximum Gasteiger partial charge on any atom is 0.417 e. The molecule has 0 unspecified atom stereocenters. The lowest BCUT2D eigenvalue weighted by atomic mass is 10.2. The first-order valence-electron chi connectivity index (χ1n) is 8.01. The van der Waals surface area contributed by atoms with Crippen LogP contribution >= 0.6 is 23.4 Å². The van der Waals surface area contributed by atoms with Crippen LogP contribution in [0.2, 0.25) is 5.02 Å². The van der Waals surface area contributed by atoms with Crippen LogP contribution in [-0.4, -0.2) is 17.7 Å². The molecule has 0 bridgehead atoms. The van der Waals surface area contributed by atoms with Gasteiger partial charge in [0, 0.05) is 17.1 Å². The molecule has 0 heterocycles. The molecule has 2 rings (SSSR count). The molecule has 0 aliphatic rings. The first-order chi connectivity index (χ1) is 12.7. The molecule has 0 saturated carbocycles. The zero-order chi connectivity index (χ0) is 20.0. The van der Waals surface area contributed by atoms with Crippen molar-refractivity contribution < 1.29 is 18.0 Å². The Hall–Kier alpha value is -2.17. The number of nitriles is 1. The fraction of sp³-hybridized carbons (Fsp3) is 0.263. The van der Waals surface area contributed by atoms with Gasteiger partial charge in [-0.2, -0.15) is 18.4 Å². The van der Waals surface area contributed by atoms with Crippen LogP contribution in [0, 0.1) is 11.3 Å². The van der Waals surface area contributed by atoms with Crippen LogP contribution in [0.5, 0.6) is 0 Å². The van der Waals surface area contributed by atoms with E-state index in [4.69, 9.17) is 16.9 Å². The Morgan fingerprint density at radius 2 is 1.93 bits per heavy atom.